The minimum absolute atomic E-state index is 0.00796. The summed E-state index contributed by atoms with van der Waals surface area (Å²) in [6.45, 7) is 5.31. The lowest BCUT2D eigenvalue weighted by Crippen LogP contribution is -2.30. The van der Waals surface area contributed by atoms with Crippen LogP contribution in [0.15, 0.2) is 18.5 Å². The number of carbonyl (C=O) groups is 1. The van der Waals surface area contributed by atoms with Crippen molar-refractivity contribution in [3.63, 3.8) is 0 Å². The van der Waals surface area contributed by atoms with E-state index in [9.17, 15) is 4.79 Å². The molecule has 15 heavy (non-hydrogen) atoms. The van der Waals surface area contributed by atoms with Gasteiger partial charge in [0.2, 0.25) is 0 Å². The fourth-order valence-electron chi connectivity index (χ4n) is 1.34. The second-order valence-electron chi connectivity index (χ2n) is 3.09. The number of pyridine rings is 1. The fourth-order valence-corrected chi connectivity index (χ4v) is 1.34. The second-order valence-corrected chi connectivity index (χ2v) is 3.09. The van der Waals surface area contributed by atoms with E-state index in [2.05, 4.69) is 4.98 Å². The van der Waals surface area contributed by atoms with Crippen LogP contribution in [0.2, 0.25) is 0 Å². The van der Waals surface area contributed by atoms with Crippen LogP contribution in [0.1, 0.15) is 24.2 Å². The third-order valence-electron chi connectivity index (χ3n) is 2.25. The summed E-state index contributed by atoms with van der Waals surface area (Å²) >= 11 is 0. The second kappa shape index (κ2) is 5.34. The monoisotopic (exact) mass is 208 g/mol. The Balaban J connectivity index is 2.90. The molecule has 0 radical (unpaired) electrons. The molecule has 0 aromatic carbocycles. The van der Waals surface area contributed by atoms with Gasteiger partial charge in [0.25, 0.3) is 5.91 Å². The van der Waals surface area contributed by atoms with Gasteiger partial charge in [0.05, 0.1) is 18.9 Å². The predicted molar refractivity (Wildman–Crippen MR) is 58.0 cm³/mol. The number of ether oxygens (including phenoxy) is 1. The van der Waals surface area contributed by atoms with E-state index in [-0.39, 0.29) is 5.91 Å². The van der Waals surface area contributed by atoms with Crippen LogP contribution in [-0.4, -0.2) is 36.0 Å². The van der Waals surface area contributed by atoms with Gasteiger partial charge in [0.1, 0.15) is 5.75 Å². The Bertz CT molecular complexity index is 335. The highest BCUT2D eigenvalue weighted by atomic mass is 16.5. The molecular weight excluding hydrogens is 192 g/mol. The summed E-state index contributed by atoms with van der Waals surface area (Å²) in [4.78, 5) is 17.6. The number of carbonyl (C=O) groups excluding carboxylic acids is 1. The third kappa shape index (κ3) is 2.68. The Labute approximate surface area is 89.9 Å². The first-order valence-corrected chi connectivity index (χ1v) is 5.01. The van der Waals surface area contributed by atoms with Crippen LogP contribution in [0.3, 0.4) is 0 Å². The number of nitrogens with zero attached hydrogens (tertiary/aromatic N) is 2. The zero-order valence-electron chi connectivity index (χ0n) is 9.36. The molecule has 0 N–H and O–H groups in total. The smallest absolute Gasteiger partial charge is 0.255 e. The number of hydrogen-bond donors (Lipinski definition) is 0. The standard InChI is InChI=1S/C11H16N2O2/c1-4-13(5-2)11(14)9-6-10(15-3)8-12-7-9/h6-8H,4-5H2,1-3H3. The lowest BCUT2D eigenvalue weighted by molar-refractivity contribution is 0.0772. The van der Waals surface area contributed by atoms with E-state index < -0.39 is 0 Å². The van der Waals surface area contributed by atoms with Gasteiger partial charge in [0.15, 0.2) is 0 Å². The van der Waals surface area contributed by atoms with Gasteiger partial charge in [-0.2, -0.15) is 0 Å². The van der Waals surface area contributed by atoms with E-state index in [0.29, 0.717) is 24.4 Å². The van der Waals surface area contributed by atoms with Crippen molar-refractivity contribution in [3.8, 4) is 5.75 Å². The van der Waals surface area contributed by atoms with Crippen LogP contribution in [0.5, 0.6) is 5.75 Å². The maximum Gasteiger partial charge on any atom is 0.255 e. The van der Waals surface area contributed by atoms with Crippen molar-refractivity contribution in [1.29, 1.82) is 0 Å². The lowest BCUT2D eigenvalue weighted by atomic mass is 10.2. The van der Waals surface area contributed by atoms with Gasteiger partial charge in [0, 0.05) is 19.3 Å². The van der Waals surface area contributed by atoms with E-state index in [1.807, 2.05) is 13.8 Å². The zero-order valence-corrected chi connectivity index (χ0v) is 9.36. The van der Waals surface area contributed by atoms with Gasteiger partial charge in [-0.25, -0.2) is 0 Å². The highest BCUT2D eigenvalue weighted by molar-refractivity contribution is 5.94. The van der Waals surface area contributed by atoms with Gasteiger partial charge in [-0.05, 0) is 19.9 Å². The van der Waals surface area contributed by atoms with E-state index in [1.54, 1.807) is 30.5 Å². The maximum absolute atomic E-state index is 11.9. The molecule has 1 aromatic heterocycles. The van der Waals surface area contributed by atoms with Gasteiger partial charge in [-0.1, -0.05) is 0 Å². The molecule has 82 valence electrons. The first kappa shape index (κ1) is 11.5. The molecule has 0 saturated heterocycles. The molecule has 0 bridgehead atoms. The zero-order chi connectivity index (χ0) is 11.3. The third-order valence-corrected chi connectivity index (χ3v) is 2.25. The summed E-state index contributed by atoms with van der Waals surface area (Å²) in [5.74, 6) is 0.597. The first-order chi connectivity index (χ1) is 7.22. The van der Waals surface area contributed by atoms with Crippen LogP contribution in [-0.2, 0) is 0 Å². The maximum atomic E-state index is 11.9. The number of hydrogen-bond acceptors (Lipinski definition) is 3. The quantitative estimate of drug-likeness (QED) is 0.754. The molecule has 0 atom stereocenters. The van der Waals surface area contributed by atoms with Crippen LogP contribution >= 0.6 is 0 Å². The number of aromatic nitrogens is 1. The summed E-state index contributed by atoms with van der Waals surface area (Å²) in [5.41, 5.74) is 0.568. The largest absolute Gasteiger partial charge is 0.495 e. The molecule has 1 rings (SSSR count). The molecule has 1 aromatic rings. The summed E-state index contributed by atoms with van der Waals surface area (Å²) in [6, 6.07) is 1.70. The minimum atomic E-state index is -0.00796. The molecule has 0 spiro atoms. The first-order valence-electron chi connectivity index (χ1n) is 5.01. The topological polar surface area (TPSA) is 42.4 Å². The number of amides is 1. The Kier molecular flexibility index (Phi) is 4.09. The van der Waals surface area contributed by atoms with E-state index in [1.165, 1.54) is 0 Å². The summed E-state index contributed by atoms with van der Waals surface area (Å²) in [7, 11) is 1.56. The Hall–Kier alpha value is -1.58. The molecule has 4 heteroatoms. The molecular formula is C11H16N2O2. The van der Waals surface area contributed by atoms with Crippen molar-refractivity contribution in [2.45, 2.75) is 13.8 Å². The van der Waals surface area contributed by atoms with Crippen LogP contribution in [0.25, 0.3) is 0 Å². The van der Waals surface area contributed by atoms with Crippen LogP contribution < -0.4 is 4.74 Å². The highest BCUT2D eigenvalue weighted by Crippen LogP contribution is 2.12. The van der Waals surface area contributed by atoms with Crippen molar-refractivity contribution in [1.82, 2.24) is 9.88 Å². The SMILES string of the molecule is CCN(CC)C(=O)c1cncc(OC)c1. The Morgan fingerprint density at radius 1 is 1.40 bits per heavy atom. The number of methoxy groups -OCH3 is 1. The summed E-state index contributed by atoms with van der Waals surface area (Å²) in [5, 5.41) is 0. The molecule has 0 saturated carbocycles. The van der Waals surface area contributed by atoms with E-state index >= 15 is 0 Å². The lowest BCUT2D eigenvalue weighted by Gasteiger charge is -2.18. The number of rotatable bonds is 4. The highest BCUT2D eigenvalue weighted by Gasteiger charge is 2.12. The van der Waals surface area contributed by atoms with Crippen molar-refractivity contribution in [3.05, 3.63) is 24.0 Å². The van der Waals surface area contributed by atoms with Crippen molar-refractivity contribution in [2.75, 3.05) is 20.2 Å². The average Bonchev–Trinajstić information content (AvgIpc) is 2.30. The van der Waals surface area contributed by atoms with Gasteiger partial charge >= 0.3 is 0 Å². The van der Waals surface area contributed by atoms with E-state index in [4.69, 9.17) is 4.74 Å². The van der Waals surface area contributed by atoms with Crippen LogP contribution in [0.4, 0.5) is 0 Å². The summed E-state index contributed by atoms with van der Waals surface area (Å²) in [6.07, 6.45) is 3.14. The van der Waals surface area contributed by atoms with Gasteiger partial charge < -0.3 is 9.64 Å². The molecule has 4 nitrogen and oxygen atoms in total. The Morgan fingerprint density at radius 3 is 2.60 bits per heavy atom. The Morgan fingerprint density at radius 2 is 2.07 bits per heavy atom. The predicted octanol–water partition coefficient (Wildman–Crippen LogP) is 1.57. The van der Waals surface area contributed by atoms with Gasteiger partial charge in [-0.15, -0.1) is 0 Å². The molecule has 0 fully saturated rings. The van der Waals surface area contributed by atoms with Crippen molar-refractivity contribution >= 4 is 5.91 Å². The molecule has 0 unspecified atom stereocenters. The van der Waals surface area contributed by atoms with Crippen LogP contribution in [0, 0.1) is 0 Å². The summed E-state index contributed by atoms with van der Waals surface area (Å²) < 4.78 is 5.02. The molecule has 1 amide bonds. The average molecular weight is 208 g/mol. The minimum Gasteiger partial charge on any atom is -0.495 e. The van der Waals surface area contributed by atoms with Crippen molar-refractivity contribution < 1.29 is 9.53 Å². The molecule has 0 aliphatic carbocycles. The van der Waals surface area contributed by atoms with Gasteiger partial charge in [-0.3, -0.25) is 9.78 Å². The molecule has 0 aliphatic rings. The molecule has 0 aliphatic heterocycles. The van der Waals surface area contributed by atoms with Crippen molar-refractivity contribution in [2.24, 2.45) is 0 Å². The van der Waals surface area contributed by atoms with E-state index in [0.717, 1.165) is 0 Å². The normalized spacial score (nSPS) is 9.80. The fraction of sp³-hybridized carbons (Fsp3) is 0.455. The molecule has 1 heterocycles.